The Labute approximate surface area is 168 Å². The summed E-state index contributed by atoms with van der Waals surface area (Å²) in [5.74, 6) is 0.0702. The lowest BCUT2D eigenvalue weighted by Gasteiger charge is -2.26. The molecule has 1 aliphatic carbocycles. The molecule has 2 aromatic carbocycles. The monoisotopic (exact) mass is 386 g/mol. The molecule has 0 spiro atoms. The number of thiophene rings is 1. The second-order valence-electron chi connectivity index (χ2n) is 7.36. The molecule has 0 bridgehead atoms. The van der Waals surface area contributed by atoms with Crippen LogP contribution >= 0.6 is 11.3 Å². The van der Waals surface area contributed by atoms with E-state index in [9.17, 15) is 4.79 Å². The van der Waals surface area contributed by atoms with E-state index in [0.717, 1.165) is 30.5 Å². The van der Waals surface area contributed by atoms with E-state index in [1.54, 1.807) is 11.3 Å². The van der Waals surface area contributed by atoms with Crippen molar-refractivity contribution in [2.45, 2.75) is 31.8 Å². The Morgan fingerprint density at radius 2 is 1.93 bits per heavy atom. The Hall–Kier alpha value is -2.85. The largest absolute Gasteiger partial charge is 0.348 e. The fourth-order valence-electron chi connectivity index (χ4n) is 4.30. The molecule has 2 aromatic heterocycles. The number of amides is 1. The van der Waals surface area contributed by atoms with Crippen molar-refractivity contribution < 1.29 is 4.79 Å². The van der Waals surface area contributed by atoms with Crippen LogP contribution < -0.4 is 5.32 Å². The van der Waals surface area contributed by atoms with Gasteiger partial charge >= 0.3 is 0 Å². The van der Waals surface area contributed by atoms with E-state index in [0.29, 0.717) is 6.54 Å². The first-order chi connectivity index (χ1) is 13.8. The van der Waals surface area contributed by atoms with Crippen LogP contribution in [0.5, 0.6) is 0 Å². The molecule has 1 amide bonds. The van der Waals surface area contributed by atoms with Gasteiger partial charge in [0.1, 0.15) is 6.54 Å². The Kier molecular flexibility index (Phi) is 4.49. The van der Waals surface area contributed by atoms with Gasteiger partial charge in [-0.2, -0.15) is 0 Å². The molecule has 4 heteroatoms. The molecule has 3 nitrogen and oxygen atoms in total. The molecule has 1 atom stereocenters. The molecule has 140 valence electrons. The predicted octanol–water partition coefficient (Wildman–Crippen LogP) is 5.56. The number of rotatable bonds is 4. The van der Waals surface area contributed by atoms with Gasteiger partial charge in [-0.05, 0) is 54.0 Å². The highest BCUT2D eigenvalue weighted by Gasteiger charge is 2.22. The quantitative estimate of drug-likeness (QED) is 0.489. The lowest BCUT2D eigenvalue weighted by atomic mass is 9.88. The number of nitrogens with zero attached hydrogens (tertiary/aromatic N) is 1. The van der Waals surface area contributed by atoms with E-state index >= 15 is 0 Å². The highest BCUT2D eigenvalue weighted by Crippen LogP contribution is 2.32. The summed E-state index contributed by atoms with van der Waals surface area (Å²) in [4.78, 5) is 14.2. The van der Waals surface area contributed by atoms with Gasteiger partial charge in [0, 0.05) is 10.9 Å². The molecule has 0 fully saturated rings. The van der Waals surface area contributed by atoms with Gasteiger partial charge in [0.15, 0.2) is 0 Å². The molecule has 0 saturated carbocycles. The van der Waals surface area contributed by atoms with E-state index in [-0.39, 0.29) is 11.9 Å². The van der Waals surface area contributed by atoms with E-state index in [1.807, 2.05) is 12.1 Å². The average molecular weight is 387 g/mol. The van der Waals surface area contributed by atoms with Crippen molar-refractivity contribution in [3.63, 3.8) is 0 Å². The van der Waals surface area contributed by atoms with Crippen molar-refractivity contribution in [3.05, 3.63) is 83.2 Å². The maximum atomic E-state index is 13.0. The zero-order chi connectivity index (χ0) is 18.9. The maximum absolute atomic E-state index is 13.0. The smallest absolute Gasteiger partial charge is 0.240 e. The van der Waals surface area contributed by atoms with Crippen molar-refractivity contribution in [2.75, 3.05) is 0 Å². The summed E-state index contributed by atoms with van der Waals surface area (Å²) in [7, 11) is 0. The van der Waals surface area contributed by atoms with Gasteiger partial charge in [0.2, 0.25) is 5.91 Å². The summed E-state index contributed by atoms with van der Waals surface area (Å²) in [6.07, 6.45) is 3.23. The third kappa shape index (κ3) is 3.14. The average Bonchev–Trinajstić information content (AvgIpc) is 3.37. The van der Waals surface area contributed by atoms with E-state index < -0.39 is 0 Å². The van der Waals surface area contributed by atoms with Crippen LogP contribution in [0.25, 0.3) is 21.5 Å². The summed E-state index contributed by atoms with van der Waals surface area (Å²) in [5, 5.41) is 6.54. The van der Waals surface area contributed by atoms with Crippen molar-refractivity contribution in [1.82, 2.24) is 9.88 Å². The number of hydrogen-bond donors (Lipinski definition) is 1. The van der Waals surface area contributed by atoms with Crippen LogP contribution in [-0.4, -0.2) is 10.5 Å². The van der Waals surface area contributed by atoms with Crippen LogP contribution in [0.2, 0.25) is 0 Å². The van der Waals surface area contributed by atoms with Crippen molar-refractivity contribution in [3.8, 4) is 10.6 Å². The second-order valence-corrected chi connectivity index (χ2v) is 8.31. The summed E-state index contributed by atoms with van der Waals surface area (Å²) >= 11 is 1.71. The molecule has 0 radical (unpaired) electrons. The minimum absolute atomic E-state index is 0.0702. The fraction of sp³-hybridized carbons (Fsp3) is 0.208. The maximum Gasteiger partial charge on any atom is 0.240 e. The third-order valence-corrected chi connectivity index (χ3v) is 6.48. The van der Waals surface area contributed by atoms with Crippen molar-refractivity contribution in [2.24, 2.45) is 0 Å². The topological polar surface area (TPSA) is 34.0 Å². The highest BCUT2D eigenvalue weighted by atomic mass is 32.1. The number of carbonyl (C=O) groups excluding carboxylic acids is 1. The zero-order valence-corrected chi connectivity index (χ0v) is 16.4. The van der Waals surface area contributed by atoms with Gasteiger partial charge in [-0.3, -0.25) is 4.79 Å². The molecular weight excluding hydrogens is 364 g/mol. The van der Waals surface area contributed by atoms with Gasteiger partial charge < -0.3 is 9.88 Å². The van der Waals surface area contributed by atoms with E-state index in [1.165, 1.54) is 21.4 Å². The Bertz CT molecular complexity index is 1130. The van der Waals surface area contributed by atoms with E-state index in [4.69, 9.17) is 0 Å². The van der Waals surface area contributed by atoms with Crippen LogP contribution in [0.3, 0.4) is 0 Å². The lowest BCUT2D eigenvalue weighted by molar-refractivity contribution is -0.122. The van der Waals surface area contributed by atoms with Gasteiger partial charge in [-0.25, -0.2) is 0 Å². The number of hydrogen-bond acceptors (Lipinski definition) is 2. The molecule has 0 aliphatic heterocycles. The summed E-state index contributed by atoms with van der Waals surface area (Å²) in [5.41, 5.74) is 4.85. The Morgan fingerprint density at radius 1 is 1.07 bits per heavy atom. The predicted molar refractivity (Wildman–Crippen MR) is 116 cm³/mol. The fourth-order valence-corrected chi connectivity index (χ4v) is 5.05. The van der Waals surface area contributed by atoms with Crippen molar-refractivity contribution >= 4 is 28.1 Å². The van der Waals surface area contributed by atoms with Gasteiger partial charge in [0.05, 0.1) is 16.6 Å². The molecule has 0 unspecified atom stereocenters. The van der Waals surface area contributed by atoms with Gasteiger partial charge in [-0.15, -0.1) is 11.3 Å². The number of aromatic nitrogens is 1. The molecule has 28 heavy (non-hydrogen) atoms. The lowest BCUT2D eigenvalue weighted by Crippen LogP contribution is -2.33. The van der Waals surface area contributed by atoms with Crippen LogP contribution in [0, 0.1) is 0 Å². The zero-order valence-electron chi connectivity index (χ0n) is 15.6. The normalized spacial score (nSPS) is 16.1. The Morgan fingerprint density at radius 3 is 2.82 bits per heavy atom. The molecule has 2 heterocycles. The third-order valence-electron chi connectivity index (χ3n) is 5.59. The van der Waals surface area contributed by atoms with Gasteiger partial charge in [-0.1, -0.05) is 48.5 Å². The minimum Gasteiger partial charge on any atom is -0.348 e. The summed E-state index contributed by atoms with van der Waals surface area (Å²) < 4.78 is 2.14. The first kappa shape index (κ1) is 17.3. The number of aryl methyl sites for hydroxylation is 1. The molecule has 4 aromatic rings. The minimum atomic E-state index is 0.0702. The molecule has 1 aliphatic rings. The SMILES string of the molecule is O=C(Cn1c(-c2cccs2)cc2ccccc21)N[C@H]1CCCc2ccccc21. The van der Waals surface area contributed by atoms with Crippen LogP contribution in [-0.2, 0) is 17.8 Å². The number of carbonyl (C=O) groups is 1. The molecule has 1 N–H and O–H groups in total. The molecule has 5 rings (SSSR count). The summed E-state index contributed by atoms with van der Waals surface area (Å²) in [6.45, 7) is 0.333. The molecular formula is C24H22N2OS. The first-order valence-electron chi connectivity index (χ1n) is 9.79. The molecule has 0 saturated heterocycles. The Balaban J connectivity index is 1.45. The first-order valence-corrected chi connectivity index (χ1v) is 10.7. The number of nitrogens with one attached hydrogen (secondary N) is 1. The number of para-hydroxylation sites is 1. The van der Waals surface area contributed by atoms with Crippen LogP contribution in [0.4, 0.5) is 0 Å². The van der Waals surface area contributed by atoms with Crippen LogP contribution in [0.1, 0.15) is 30.0 Å². The van der Waals surface area contributed by atoms with E-state index in [2.05, 4.69) is 69.9 Å². The number of benzene rings is 2. The second kappa shape index (κ2) is 7.28. The van der Waals surface area contributed by atoms with Crippen LogP contribution in [0.15, 0.2) is 72.1 Å². The van der Waals surface area contributed by atoms with Crippen molar-refractivity contribution in [1.29, 1.82) is 0 Å². The standard InChI is InChI=1S/C24H22N2OS/c27-24(25-20-11-5-9-17-7-1-3-10-19(17)20)16-26-21-12-4-2-8-18(21)15-22(26)23-13-6-14-28-23/h1-4,6-8,10,12-15,20H,5,9,11,16H2,(H,25,27)/t20-/m0/s1. The number of fused-ring (bicyclic) bond motifs is 2. The van der Waals surface area contributed by atoms with Gasteiger partial charge in [0.25, 0.3) is 0 Å². The highest BCUT2D eigenvalue weighted by molar-refractivity contribution is 7.13. The summed E-state index contributed by atoms with van der Waals surface area (Å²) in [6, 6.07) is 23.2.